The summed E-state index contributed by atoms with van der Waals surface area (Å²) in [5, 5.41) is 13.0. The Hall–Kier alpha value is -0.290. The summed E-state index contributed by atoms with van der Waals surface area (Å²) in [4.78, 5) is 11.5. The van der Waals surface area contributed by atoms with Crippen molar-refractivity contribution in [2.45, 2.75) is 38.3 Å². The molecule has 2 bridgehead atoms. The van der Waals surface area contributed by atoms with Crippen LogP contribution in [0.4, 0.5) is 0 Å². The highest BCUT2D eigenvalue weighted by atomic mass is 35.5. The normalized spacial score (nSPS) is 33.5. The van der Waals surface area contributed by atoms with Crippen molar-refractivity contribution in [1.82, 2.24) is 5.32 Å². The van der Waals surface area contributed by atoms with Crippen LogP contribution in [0, 0.1) is 17.8 Å². The van der Waals surface area contributed by atoms with Crippen molar-refractivity contribution in [2.24, 2.45) is 17.8 Å². The topological polar surface area (TPSA) is 49.3 Å². The van der Waals surface area contributed by atoms with Crippen LogP contribution in [0.2, 0.25) is 8.67 Å². The van der Waals surface area contributed by atoms with E-state index in [0.717, 1.165) is 24.8 Å². The van der Waals surface area contributed by atoms with Gasteiger partial charge in [-0.05, 0) is 49.7 Å². The first-order valence-electron chi connectivity index (χ1n) is 6.91. The number of hydrogen-bond donors (Lipinski definition) is 2. The molecule has 0 aliphatic heterocycles. The summed E-state index contributed by atoms with van der Waals surface area (Å²) in [6, 6.07) is 1.95. The molecule has 2 saturated carbocycles. The van der Waals surface area contributed by atoms with E-state index in [1.807, 2.05) is 13.0 Å². The van der Waals surface area contributed by atoms with Crippen molar-refractivity contribution in [1.29, 1.82) is 0 Å². The molecule has 0 aromatic carbocycles. The van der Waals surface area contributed by atoms with E-state index in [4.69, 9.17) is 23.2 Å². The Morgan fingerprint density at radius 3 is 2.75 bits per heavy atom. The van der Waals surface area contributed by atoms with Gasteiger partial charge in [0.2, 0.25) is 0 Å². The lowest BCUT2D eigenvalue weighted by molar-refractivity contribution is -0.144. The minimum absolute atomic E-state index is 0.0254. The number of hydrogen-bond acceptors (Lipinski definition) is 3. The van der Waals surface area contributed by atoms with Gasteiger partial charge in [-0.1, -0.05) is 23.2 Å². The number of rotatable bonds is 4. The summed E-state index contributed by atoms with van der Waals surface area (Å²) in [5.74, 6) is -0.111. The summed E-state index contributed by atoms with van der Waals surface area (Å²) in [7, 11) is 0. The van der Waals surface area contributed by atoms with Gasteiger partial charge in [0.1, 0.15) is 0 Å². The molecular formula is C14H17Cl2NO2S. The monoisotopic (exact) mass is 333 g/mol. The molecule has 5 unspecified atom stereocenters. The predicted molar refractivity (Wildman–Crippen MR) is 81.6 cm³/mol. The molecule has 0 amide bonds. The Morgan fingerprint density at radius 1 is 1.45 bits per heavy atom. The molecule has 1 aromatic heterocycles. The van der Waals surface area contributed by atoms with Crippen LogP contribution >= 0.6 is 34.5 Å². The first-order valence-corrected chi connectivity index (χ1v) is 8.48. The zero-order valence-electron chi connectivity index (χ0n) is 11.1. The Kier molecular flexibility index (Phi) is 4.01. The highest BCUT2D eigenvalue weighted by Crippen LogP contribution is 2.49. The minimum Gasteiger partial charge on any atom is -0.481 e. The lowest BCUT2D eigenvalue weighted by Crippen LogP contribution is -2.45. The molecule has 0 radical (unpaired) electrons. The SMILES string of the molecule is CC(NC1C2CCC(C2)C1C(=O)O)c1cc(Cl)sc1Cl. The summed E-state index contributed by atoms with van der Waals surface area (Å²) < 4.78 is 1.35. The third-order valence-electron chi connectivity index (χ3n) is 4.79. The molecule has 5 atom stereocenters. The molecule has 1 heterocycles. The molecule has 0 saturated heterocycles. The second-order valence-electron chi connectivity index (χ2n) is 5.89. The predicted octanol–water partition coefficient (Wildman–Crippen LogP) is 4.20. The first kappa shape index (κ1) is 14.6. The fraction of sp³-hybridized carbons (Fsp3) is 0.643. The Morgan fingerprint density at radius 2 is 2.15 bits per heavy atom. The molecule has 110 valence electrons. The number of carbonyl (C=O) groups is 1. The number of nitrogens with one attached hydrogen (secondary N) is 1. The third kappa shape index (κ3) is 2.47. The van der Waals surface area contributed by atoms with Crippen LogP contribution < -0.4 is 5.32 Å². The molecule has 2 aliphatic rings. The van der Waals surface area contributed by atoms with Gasteiger partial charge in [0.05, 0.1) is 14.6 Å². The van der Waals surface area contributed by atoms with E-state index in [9.17, 15) is 9.90 Å². The van der Waals surface area contributed by atoms with E-state index in [1.54, 1.807) is 0 Å². The van der Waals surface area contributed by atoms with E-state index in [-0.39, 0.29) is 18.0 Å². The van der Waals surface area contributed by atoms with Gasteiger partial charge in [0.25, 0.3) is 0 Å². The fourth-order valence-electron chi connectivity index (χ4n) is 3.91. The van der Waals surface area contributed by atoms with E-state index in [2.05, 4.69) is 5.32 Å². The largest absolute Gasteiger partial charge is 0.481 e. The highest BCUT2D eigenvalue weighted by molar-refractivity contribution is 7.20. The van der Waals surface area contributed by atoms with Crippen LogP contribution in [0.25, 0.3) is 0 Å². The van der Waals surface area contributed by atoms with Gasteiger partial charge in [-0.25, -0.2) is 0 Å². The van der Waals surface area contributed by atoms with Gasteiger partial charge in [-0.3, -0.25) is 4.79 Å². The standard InChI is InChI=1S/C14H17Cl2NO2S/c1-6(9-5-10(15)20-13(9)16)17-12-8-3-2-7(4-8)11(12)14(18)19/h5-8,11-12,17H,2-4H2,1H3,(H,18,19). The lowest BCUT2D eigenvalue weighted by Gasteiger charge is -2.31. The Labute approximate surface area is 132 Å². The number of carboxylic acid groups (broad SMARTS) is 1. The molecule has 2 N–H and O–H groups in total. The van der Waals surface area contributed by atoms with Crippen molar-refractivity contribution in [3.8, 4) is 0 Å². The summed E-state index contributed by atoms with van der Waals surface area (Å²) in [5.41, 5.74) is 0.966. The minimum atomic E-state index is -0.670. The van der Waals surface area contributed by atoms with Gasteiger partial charge in [0.15, 0.2) is 0 Å². The molecular weight excluding hydrogens is 317 g/mol. The lowest BCUT2D eigenvalue weighted by atomic mass is 9.84. The van der Waals surface area contributed by atoms with Crippen molar-refractivity contribution in [2.75, 3.05) is 0 Å². The Balaban J connectivity index is 1.76. The first-order chi connectivity index (χ1) is 9.47. The van der Waals surface area contributed by atoms with Gasteiger partial charge in [0, 0.05) is 12.1 Å². The number of thiophene rings is 1. The number of halogens is 2. The number of aliphatic carboxylic acids is 1. The molecule has 2 fully saturated rings. The molecule has 6 heteroatoms. The Bertz CT molecular complexity index is 533. The molecule has 20 heavy (non-hydrogen) atoms. The molecule has 3 nitrogen and oxygen atoms in total. The summed E-state index contributed by atoms with van der Waals surface area (Å²) in [6.45, 7) is 2.02. The summed E-state index contributed by atoms with van der Waals surface area (Å²) in [6.07, 6.45) is 3.23. The average molecular weight is 334 g/mol. The number of fused-ring (bicyclic) bond motifs is 2. The maximum Gasteiger partial charge on any atom is 0.308 e. The molecule has 1 aromatic rings. The van der Waals surface area contributed by atoms with Crippen molar-refractivity contribution in [3.05, 3.63) is 20.3 Å². The van der Waals surface area contributed by atoms with E-state index in [0.29, 0.717) is 20.5 Å². The van der Waals surface area contributed by atoms with Gasteiger partial charge in [-0.15, -0.1) is 11.3 Å². The molecule has 2 aliphatic carbocycles. The second kappa shape index (κ2) is 5.48. The van der Waals surface area contributed by atoms with Crippen LogP contribution in [0.5, 0.6) is 0 Å². The molecule has 0 spiro atoms. The van der Waals surface area contributed by atoms with Crippen LogP contribution in [0.15, 0.2) is 6.07 Å². The van der Waals surface area contributed by atoms with Crippen molar-refractivity contribution >= 4 is 40.5 Å². The zero-order chi connectivity index (χ0) is 14.4. The van der Waals surface area contributed by atoms with Crippen molar-refractivity contribution in [3.63, 3.8) is 0 Å². The van der Waals surface area contributed by atoms with Gasteiger partial charge >= 0.3 is 5.97 Å². The maximum absolute atomic E-state index is 11.5. The summed E-state index contributed by atoms with van der Waals surface area (Å²) >= 11 is 13.5. The van der Waals surface area contributed by atoms with E-state index >= 15 is 0 Å². The smallest absolute Gasteiger partial charge is 0.308 e. The fourth-order valence-corrected chi connectivity index (χ4v) is 5.56. The van der Waals surface area contributed by atoms with Crippen LogP contribution in [0.3, 0.4) is 0 Å². The highest BCUT2D eigenvalue weighted by Gasteiger charge is 2.51. The van der Waals surface area contributed by atoms with Gasteiger partial charge in [-0.2, -0.15) is 0 Å². The van der Waals surface area contributed by atoms with Gasteiger partial charge < -0.3 is 10.4 Å². The van der Waals surface area contributed by atoms with E-state index < -0.39 is 5.97 Å². The zero-order valence-corrected chi connectivity index (χ0v) is 13.4. The number of carboxylic acids is 1. The van der Waals surface area contributed by atoms with Crippen LogP contribution in [-0.4, -0.2) is 17.1 Å². The average Bonchev–Trinajstić information content (AvgIpc) is 3.03. The van der Waals surface area contributed by atoms with E-state index in [1.165, 1.54) is 11.3 Å². The maximum atomic E-state index is 11.5. The molecule has 3 rings (SSSR count). The van der Waals surface area contributed by atoms with Crippen LogP contribution in [-0.2, 0) is 4.79 Å². The quantitative estimate of drug-likeness (QED) is 0.867. The van der Waals surface area contributed by atoms with Crippen LogP contribution in [0.1, 0.15) is 37.8 Å². The van der Waals surface area contributed by atoms with Crippen molar-refractivity contribution < 1.29 is 9.90 Å². The second-order valence-corrected chi connectivity index (χ2v) is 8.18. The third-order valence-corrected chi connectivity index (χ3v) is 6.31.